The molecule has 0 spiro atoms. The van der Waals surface area contributed by atoms with Crippen LogP contribution in [-0.2, 0) is 6.42 Å². The van der Waals surface area contributed by atoms with Crippen molar-refractivity contribution in [2.24, 2.45) is 0 Å². The Morgan fingerprint density at radius 3 is 2.95 bits per heavy atom. The number of unbranched alkanes of at least 4 members (excludes halogenated alkanes) is 1. The van der Waals surface area contributed by atoms with Gasteiger partial charge in [0.05, 0.1) is 0 Å². The summed E-state index contributed by atoms with van der Waals surface area (Å²) in [7, 11) is 0. The maximum Gasteiger partial charge on any atom is 0.252 e. The van der Waals surface area contributed by atoms with E-state index in [2.05, 4.69) is 27.1 Å². The van der Waals surface area contributed by atoms with Crippen LogP contribution in [0.25, 0.3) is 0 Å². The van der Waals surface area contributed by atoms with E-state index in [0.29, 0.717) is 6.04 Å². The highest BCUT2D eigenvalue weighted by Gasteiger charge is 2.19. The molecule has 0 saturated carbocycles. The van der Waals surface area contributed by atoms with Gasteiger partial charge in [0.2, 0.25) is 0 Å². The van der Waals surface area contributed by atoms with Gasteiger partial charge in [-0.3, -0.25) is 4.79 Å². The van der Waals surface area contributed by atoms with Crippen molar-refractivity contribution < 1.29 is 0 Å². The molecule has 0 aromatic carbocycles. The number of H-pyrrole nitrogens is 1. The molecule has 2 rings (SSSR count). The number of nitrogens with one attached hydrogen (secondary N) is 2. The average Bonchev–Trinajstić information content (AvgIpc) is 2.95. The number of aromatic amines is 1. The van der Waals surface area contributed by atoms with Gasteiger partial charge in [-0.2, -0.15) is 0 Å². The molecule has 5 nitrogen and oxygen atoms in total. The van der Waals surface area contributed by atoms with E-state index >= 15 is 0 Å². The Bertz CT molecular complexity index is 465. The Morgan fingerprint density at radius 2 is 2.30 bits per heavy atom. The predicted octanol–water partition coefficient (Wildman–Crippen LogP) is 1.69. The van der Waals surface area contributed by atoms with Gasteiger partial charge in [0.25, 0.3) is 5.56 Å². The topological polar surface area (TPSA) is 61.0 Å². The number of aryl methyl sites for hydroxylation is 1. The van der Waals surface area contributed by atoms with Crippen LogP contribution in [0.3, 0.4) is 0 Å². The first-order chi connectivity index (χ1) is 9.72. The van der Waals surface area contributed by atoms with Gasteiger partial charge in [0.1, 0.15) is 11.6 Å². The molecule has 2 N–H and O–H groups in total. The molecule has 0 amide bonds. The average molecular weight is 278 g/mol. The maximum atomic E-state index is 11.7. The van der Waals surface area contributed by atoms with E-state index < -0.39 is 0 Å². The number of anilines is 1. The van der Waals surface area contributed by atoms with E-state index in [1.165, 1.54) is 12.8 Å². The molecule has 1 aliphatic heterocycles. The van der Waals surface area contributed by atoms with E-state index in [9.17, 15) is 4.79 Å². The highest BCUT2D eigenvalue weighted by atomic mass is 16.1. The summed E-state index contributed by atoms with van der Waals surface area (Å²) < 4.78 is 0. The molecular weight excluding hydrogens is 252 g/mol. The summed E-state index contributed by atoms with van der Waals surface area (Å²) in [6.45, 7) is 7.22. The summed E-state index contributed by atoms with van der Waals surface area (Å²) in [6.07, 6.45) is 5.50. The van der Waals surface area contributed by atoms with Gasteiger partial charge >= 0.3 is 0 Å². The van der Waals surface area contributed by atoms with E-state index in [0.717, 1.165) is 50.5 Å². The molecule has 0 bridgehead atoms. The van der Waals surface area contributed by atoms with E-state index in [-0.39, 0.29) is 5.56 Å². The van der Waals surface area contributed by atoms with E-state index in [1.807, 2.05) is 6.92 Å². The van der Waals surface area contributed by atoms with Gasteiger partial charge in [-0.15, -0.1) is 0 Å². The molecule has 1 saturated heterocycles. The molecule has 1 aromatic heterocycles. The van der Waals surface area contributed by atoms with Crippen molar-refractivity contribution in [1.82, 2.24) is 15.3 Å². The van der Waals surface area contributed by atoms with Crippen LogP contribution < -0.4 is 15.8 Å². The fourth-order valence-corrected chi connectivity index (χ4v) is 2.65. The van der Waals surface area contributed by atoms with Gasteiger partial charge in [-0.25, -0.2) is 4.98 Å². The lowest BCUT2D eigenvalue weighted by atomic mass is 10.2. The van der Waals surface area contributed by atoms with Crippen molar-refractivity contribution in [3.05, 3.63) is 22.2 Å². The van der Waals surface area contributed by atoms with Crippen LogP contribution in [0.1, 0.15) is 45.4 Å². The zero-order valence-electron chi connectivity index (χ0n) is 12.6. The SMILES string of the molecule is CCCCN(CC1CCCN1)c1cc(=O)[nH]c(CC)n1. The Balaban J connectivity index is 2.15. The first-order valence-electron chi connectivity index (χ1n) is 7.81. The number of hydrogen-bond donors (Lipinski definition) is 2. The number of rotatable bonds is 7. The first-order valence-corrected chi connectivity index (χ1v) is 7.81. The zero-order valence-corrected chi connectivity index (χ0v) is 12.6. The van der Waals surface area contributed by atoms with Crippen LogP contribution in [-0.4, -0.2) is 35.6 Å². The fourth-order valence-electron chi connectivity index (χ4n) is 2.65. The molecule has 1 aromatic rings. The second kappa shape index (κ2) is 7.43. The summed E-state index contributed by atoms with van der Waals surface area (Å²) in [5.74, 6) is 1.60. The Labute approximate surface area is 120 Å². The van der Waals surface area contributed by atoms with Crippen molar-refractivity contribution in [2.75, 3.05) is 24.5 Å². The van der Waals surface area contributed by atoms with Gasteiger partial charge in [0, 0.05) is 31.6 Å². The molecule has 1 atom stereocenters. The molecular formula is C15H26N4O. The van der Waals surface area contributed by atoms with Crippen LogP contribution in [0.4, 0.5) is 5.82 Å². The lowest BCUT2D eigenvalue weighted by Crippen LogP contribution is -2.39. The molecule has 2 heterocycles. The normalized spacial score (nSPS) is 18.4. The van der Waals surface area contributed by atoms with Gasteiger partial charge in [0.15, 0.2) is 0 Å². The van der Waals surface area contributed by atoms with Gasteiger partial charge in [-0.05, 0) is 25.8 Å². The van der Waals surface area contributed by atoms with E-state index in [1.54, 1.807) is 6.07 Å². The van der Waals surface area contributed by atoms with E-state index in [4.69, 9.17) is 0 Å². The van der Waals surface area contributed by atoms with Gasteiger partial charge < -0.3 is 15.2 Å². The second-order valence-electron chi connectivity index (χ2n) is 5.50. The minimum atomic E-state index is -0.0484. The molecule has 0 radical (unpaired) electrons. The second-order valence-corrected chi connectivity index (χ2v) is 5.50. The van der Waals surface area contributed by atoms with Crippen LogP contribution in [0, 0.1) is 0 Å². The predicted molar refractivity (Wildman–Crippen MR) is 82.4 cm³/mol. The third-order valence-electron chi connectivity index (χ3n) is 3.82. The molecule has 1 aliphatic rings. The smallest absolute Gasteiger partial charge is 0.252 e. The molecule has 1 unspecified atom stereocenters. The molecule has 0 aliphatic carbocycles. The molecule has 5 heteroatoms. The highest BCUT2D eigenvalue weighted by molar-refractivity contribution is 5.37. The van der Waals surface area contributed by atoms with Crippen LogP contribution in [0.5, 0.6) is 0 Å². The zero-order chi connectivity index (χ0) is 14.4. The number of hydrogen-bond acceptors (Lipinski definition) is 4. The van der Waals surface area contributed by atoms with Crippen molar-refractivity contribution in [3.8, 4) is 0 Å². The summed E-state index contributed by atoms with van der Waals surface area (Å²) in [4.78, 5) is 21.4. The third-order valence-corrected chi connectivity index (χ3v) is 3.82. The van der Waals surface area contributed by atoms with Crippen molar-refractivity contribution in [1.29, 1.82) is 0 Å². The fraction of sp³-hybridized carbons (Fsp3) is 0.733. The molecule has 112 valence electrons. The van der Waals surface area contributed by atoms with Gasteiger partial charge in [-0.1, -0.05) is 20.3 Å². The first kappa shape index (κ1) is 15.0. The lowest BCUT2D eigenvalue weighted by molar-refractivity contribution is 0.568. The Kier molecular flexibility index (Phi) is 5.59. The highest BCUT2D eigenvalue weighted by Crippen LogP contribution is 2.14. The third kappa shape index (κ3) is 4.07. The number of aromatic nitrogens is 2. The standard InChI is InChI=1S/C15H26N4O/c1-3-5-9-19(11-12-7-6-8-16-12)14-10-15(20)18-13(4-2)17-14/h10,12,16H,3-9,11H2,1-2H3,(H,17,18,20). The summed E-state index contributed by atoms with van der Waals surface area (Å²) in [5.41, 5.74) is -0.0484. The monoisotopic (exact) mass is 278 g/mol. The summed E-state index contributed by atoms with van der Waals surface area (Å²) in [5, 5.41) is 3.52. The Hall–Kier alpha value is -1.36. The van der Waals surface area contributed by atoms with Crippen LogP contribution >= 0.6 is 0 Å². The largest absolute Gasteiger partial charge is 0.355 e. The maximum absolute atomic E-state index is 11.7. The minimum Gasteiger partial charge on any atom is -0.355 e. The molecule has 20 heavy (non-hydrogen) atoms. The number of nitrogens with zero attached hydrogens (tertiary/aromatic N) is 2. The quantitative estimate of drug-likeness (QED) is 0.797. The van der Waals surface area contributed by atoms with Crippen LogP contribution in [0.2, 0.25) is 0 Å². The van der Waals surface area contributed by atoms with Crippen molar-refractivity contribution >= 4 is 5.82 Å². The summed E-state index contributed by atoms with van der Waals surface area (Å²) in [6, 6.07) is 2.15. The van der Waals surface area contributed by atoms with Crippen molar-refractivity contribution in [2.45, 2.75) is 52.0 Å². The Morgan fingerprint density at radius 1 is 1.45 bits per heavy atom. The minimum absolute atomic E-state index is 0.0484. The molecule has 1 fully saturated rings. The van der Waals surface area contributed by atoms with Crippen LogP contribution in [0.15, 0.2) is 10.9 Å². The summed E-state index contributed by atoms with van der Waals surface area (Å²) >= 11 is 0. The van der Waals surface area contributed by atoms with Crippen molar-refractivity contribution in [3.63, 3.8) is 0 Å². The lowest BCUT2D eigenvalue weighted by Gasteiger charge is -2.27.